The fourth-order valence-electron chi connectivity index (χ4n) is 3.53. The molecule has 0 aliphatic carbocycles. The molecule has 0 unspecified atom stereocenters. The van der Waals surface area contributed by atoms with Crippen LogP contribution in [-0.2, 0) is 11.3 Å². The van der Waals surface area contributed by atoms with Crippen molar-refractivity contribution in [1.82, 2.24) is 10.2 Å². The predicted molar refractivity (Wildman–Crippen MR) is 107 cm³/mol. The number of piperazine rings is 1. The van der Waals surface area contributed by atoms with E-state index in [4.69, 9.17) is 0 Å². The van der Waals surface area contributed by atoms with Crippen molar-refractivity contribution in [3.05, 3.63) is 65.0 Å². The number of hydrogen-bond acceptors (Lipinski definition) is 3. The van der Waals surface area contributed by atoms with Crippen molar-refractivity contribution < 1.29 is 9.18 Å². The minimum atomic E-state index is -0.264. The second-order valence-electron chi connectivity index (χ2n) is 7.26. The third-order valence-electron chi connectivity index (χ3n) is 5.54. The molecule has 4 nitrogen and oxygen atoms in total. The van der Waals surface area contributed by atoms with Crippen LogP contribution in [0.3, 0.4) is 0 Å². The summed E-state index contributed by atoms with van der Waals surface area (Å²) in [5.74, 6) is -0.250. The molecule has 2 aromatic rings. The highest BCUT2D eigenvalue weighted by atomic mass is 19.1. The van der Waals surface area contributed by atoms with Gasteiger partial charge in [0.25, 0.3) is 0 Å². The summed E-state index contributed by atoms with van der Waals surface area (Å²) in [5.41, 5.74) is 4.83. The first-order valence-corrected chi connectivity index (χ1v) is 9.53. The molecule has 1 atom stereocenters. The fraction of sp³-hybridized carbons (Fsp3) is 0.409. The molecule has 27 heavy (non-hydrogen) atoms. The lowest BCUT2D eigenvalue weighted by atomic mass is 10.1. The molecule has 0 aromatic heterocycles. The second kappa shape index (κ2) is 8.53. The van der Waals surface area contributed by atoms with Crippen LogP contribution >= 0.6 is 0 Å². The topological polar surface area (TPSA) is 35.6 Å². The van der Waals surface area contributed by atoms with Gasteiger partial charge in [0.15, 0.2) is 0 Å². The van der Waals surface area contributed by atoms with Gasteiger partial charge in [-0.3, -0.25) is 9.69 Å². The van der Waals surface area contributed by atoms with E-state index in [2.05, 4.69) is 47.2 Å². The SMILES string of the molecule is Cc1cccc(N2CCN([C@H](C)C(=O)NCc3ccc(F)cc3)CC2)c1C. The third-order valence-corrected chi connectivity index (χ3v) is 5.54. The highest BCUT2D eigenvalue weighted by Gasteiger charge is 2.26. The van der Waals surface area contributed by atoms with E-state index in [-0.39, 0.29) is 17.8 Å². The molecule has 0 radical (unpaired) electrons. The summed E-state index contributed by atoms with van der Waals surface area (Å²) >= 11 is 0. The summed E-state index contributed by atoms with van der Waals surface area (Å²) in [5, 5.41) is 2.96. The number of nitrogens with one attached hydrogen (secondary N) is 1. The maximum absolute atomic E-state index is 13.0. The summed E-state index contributed by atoms with van der Waals surface area (Å²) < 4.78 is 13.0. The minimum absolute atomic E-state index is 0.0134. The summed E-state index contributed by atoms with van der Waals surface area (Å²) in [6, 6.07) is 12.5. The molecule has 1 fully saturated rings. The smallest absolute Gasteiger partial charge is 0.237 e. The number of rotatable bonds is 5. The number of nitrogens with zero attached hydrogens (tertiary/aromatic N) is 2. The molecule has 5 heteroatoms. The average Bonchev–Trinajstić information content (AvgIpc) is 2.69. The summed E-state index contributed by atoms with van der Waals surface area (Å²) in [6.45, 7) is 10.2. The Labute approximate surface area is 161 Å². The monoisotopic (exact) mass is 369 g/mol. The van der Waals surface area contributed by atoms with Crippen molar-refractivity contribution in [3.63, 3.8) is 0 Å². The van der Waals surface area contributed by atoms with Gasteiger partial charge in [0.05, 0.1) is 6.04 Å². The molecule has 1 aliphatic heterocycles. The van der Waals surface area contributed by atoms with Crippen LogP contribution in [0.2, 0.25) is 0 Å². The van der Waals surface area contributed by atoms with E-state index >= 15 is 0 Å². The van der Waals surface area contributed by atoms with Gasteiger partial charge in [0.2, 0.25) is 5.91 Å². The molecule has 1 N–H and O–H groups in total. The van der Waals surface area contributed by atoms with E-state index in [9.17, 15) is 9.18 Å². The summed E-state index contributed by atoms with van der Waals surface area (Å²) in [7, 11) is 0. The number of halogens is 1. The zero-order valence-corrected chi connectivity index (χ0v) is 16.3. The molecule has 1 saturated heterocycles. The molecular weight excluding hydrogens is 341 g/mol. The first-order chi connectivity index (χ1) is 13.0. The molecular formula is C22H28FN3O. The summed E-state index contributed by atoms with van der Waals surface area (Å²) in [4.78, 5) is 17.1. The Morgan fingerprint density at radius 1 is 1.07 bits per heavy atom. The number of amides is 1. The number of aryl methyl sites for hydroxylation is 1. The van der Waals surface area contributed by atoms with Crippen molar-refractivity contribution in [1.29, 1.82) is 0 Å². The lowest BCUT2D eigenvalue weighted by Gasteiger charge is -2.39. The number of carbonyl (C=O) groups excluding carboxylic acids is 1. The second-order valence-corrected chi connectivity index (χ2v) is 7.26. The van der Waals surface area contributed by atoms with Crippen molar-refractivity contribution in [2.24, 2.45) is 0 Å². The first kappa shape index (κ1) is 19.4. The van der Waals surface area contributed by atoms with E-state index in [1.54, 1.807) is 12.1 Å². The Kier molecular flexibility index (Phi) is 6.11. The average molecular weight is 369 g/mol. The molecule has 1 aliphatic rings. The Balaban J connectivity index is 1.51. The number of benzene rings is 2. The van der Waals surface area contributed by atoms with Crippen LogP contribution in [0.25, 0.3) is 0 Å². The maximum Gasteiger partial charge on any atom is 0.237 e. The van der Waals surface area contributed by atoms with Gasteiger partial charge < -0.3 is 10.2 Å². The zero-order chi connectivity index (χ0) is 19.4. The van der Waals surface area contributed by atoms with Crippen molar-refractivity contribution in [3.8, 4) is 0 Å². The maximum atomic E-state index is 13.0. The highest BCUT2D eigenvalue weighted by molar-refractivity contribution is 5.81. The molecule has 0 bridgehead atoms. The van der Waals surface area contributed by atoms with Crippen LogP contribution in [0.1, 0.15) is 23.6 Å². The molecule has 1 amide bonds. The molecule has 2 aromatic carbocycles. The molecule has 1 heterocycles. The number of anilines is 1. The van der Waals surface area contributed by atoms with E-state index < -0.39 is 0 Å². The predicted octanol–water partition coefficient (Wildman–Crippen LogP) is 3.27. The summed E-state index contributed by atoms with van der Waals surface area (Å²) in [6.07, 6.45) is 0. The van der Waals surface area contributed by atoms with Crippen molar-refractivity contribution in [2.75, 3.05) is 31.1 Å². The lowest BCUT2D eigenvalue weighted by Crippen LogP contribution is -2.54. The quantitative estimate of drug-likeness (QED) is 0.879. The van der Waals surface area contributed by atoms with E-state index in [0.29, 0.717) is 6.54 Å². The van der Waals surface area contributed by atoms with Crippen LogP contribution in [0.15, 0.2) is 42.5 Å². The van der Waals surface area contributed by atoms with Gasteiger partial charge in [-0.1, -0.05) is 24.3 Å². The molecule has 0 spiro atoms. The van der Waals surface area contributed by atoms with Gasteiger partial charge in [-0.25, -0.2) is 4.39 Å². The largest absolute Gasteiger partial charge is 0.369 e. The van der Waals surface area contributed by atoms with Crippen LogP contribution in [0.4, 0.5) is 10.1 Å². The molecule has 0 saturated carbocycles. The Morgan fingerprint density at radius 2 is 1.74 bits per heavy atom. The third kappa shape index (κ3) is 4.66. The van der Waals surface area contributed by atoms with Crippen LogP contribution in [0.5, 0.6) is 0 Å². The first-order valence-electron chi connectivity index (χ1n) is 9.53. The lowest BCUT2D eigenvalue weighted by molar-refractivity contribution is -0.126. The standard InChI is InChI=1S/C22H28FN3O/c1-16-5-4-6-21(17(16)2)26-13-11-25(12-14-26)18(3)22(27)24-15-19-7-9-20(23)10-8-19/h4-10,18H,11-15H2,1-3H3,(H,24,27)/t18-/m1/s1. The van der Waals surface area contributed by atoms with Gasteiger partial charge in [-0.05, 0) is 55.7 Å². The Bertz CT molecular complexity index is 783. The number of hydrogen-bond donors (Lipinski definition) is 1. The normalized spacial score (nSPS) is 16.2. The van der Waals surface area contributed by atoms with Crippen molar-refractivity contribution in [2.45, 2.75) is 33.4 Å². The van der Waals surface area contributed by atoms with Crippen LogP contribution < -0.4 is 10.2 Å². The van der Waals surface area contributed by atoms with Crippen molar-refractivity contribution >= 4 is 11.6 Å². The van der Waals surface area contributed by atoms with Gasteiger partial charge in [0, 0.05) is 38.4 Å². The van der Waals surface area contributed by atoms with E-state index in [0.717, 1.165) is 31.7 Å². The number of carbonyl (C=O) groups is 1. The van der Waals surface area contributed by atoms with Crippen LogP contribution in [0, 0.1) is 19.7 Å². The highest BCUT2D eigenvalue weighted by Crippen LogP contribution is 2.24. The Hall–Kier alpha value is -2.40. The Morgan fingerprint density at radius 3 is 2.41 bits per heavy atom. The minimum Gasteiger partial charge on any atom is -0.369 e. The molecule has 3 rings (SSSR count). The van der Waals surface area contributed by atoms with Gasteiger partial charge in [-0.2, -0.15) is 0 Å². The van der Waals surface area contributed by atoms with E-state index in [1.165, 1.54) is 28.9 Å². The fourth-order valence-corrected chi connectivity index (χ4v) is 3.53. The van der Waals surface area contributed by atoms with Gasteiger partial charge in [-0.15, -0.1) is 0 Å². The van der Waals surface area contributed by atoms with Crippen LogP contribution in [-0.4, -0.2) is 43.0 Å². The zero-order valence-electron chi connectivity index (χ0n) is 16.3. The van der Waals surface area contributed by atoms with Gasteiger partial charge >= 0.3 is 0 Å². The van der Waals surface area contributed by atoms with E-state index in [1.807, 2.05) is 6.92 Å². The van der Waals surface area contributed by atoms with Gasteiger partial charge in [0.1, 0.15) is 5.82 Å². The molecule has 144 valence electrons.